The van der Waals surface area contributed by atoms with Crippen LogP contribution in [-0.4, -0.2) is 24.4 Å². The molecule has 0 saturated heterocycles. The molecule has 1 N–H and O–H groups in total. The Balaban J connectivity index is 1.79. The van der Waals surface area contributed by atoms with Crippen LogP contribution in [0.15, 0.2) is 42.5 Å². The second-order valence-corrected chi connectivity index (χ2v) is 5.84. The van der Waals surface area contributed by atoms with Gasteiger partial charge in [0.15, 0.2) is 11.5 Å². The minimum Gasteiger partial charge on any atom is -0.493 e. The van der Waals surface area contributed by atoms with Gasteiger partial charge in [-0.2, -0.15) is 0 Å². The number of benzene rings is 2. The molecule has 1 aliphatic rings. The van der Waals surface area contributed by atoms with Gasteiger partial charge in [-0.3, -0.25) is 0 Å². The lowest BCUT2D eigenvalue weighted by Crippen LogP contribution is -2.32. The van der Waals surface area contributed by atoms with Gasteiger partial charge in [-0.25, -0.2) is 0 Å². The van der Waals surface area contributed by atoms with Gasteiger partial charge < -0.3 is 19.3 Å². The highest BCUT2D eigenvalue weighted by Gasteiger charge is 2.24. The third kappa shape index (κ3) is 3.66. The first-order valence-corrected chi connectivity index (χ1v) is 7.83. The van der Waals surface area contributed by atoms with E-state index in [0.29, 0.717) is 31.1 Å². The van der Waals surface area contributed by atoms with Gasteiger partial charge in [-0.05, 0) is 35.7 Å². The molecule has 1 heterocycles. The molecule has 0 aliphatic carbocycles. The molecule has 0 saturated carbocycles. The fourth-order valence-corrected chi connectivity index (χ4v) is 2.76. The van der Waals surface area contributed by atoms with Crippen molar-refractivity contribution in [2.75, 3.05) is 7.11 Å². The summed E-state index contributed by atoms with van der Waals surface area (Å²) in [6, 6.07) is 14.0. The zero-order valence-electron chi connectivity index (χ0n) is 13.5. The number of ether oxygens (including phenoxy) is 3. The van der Waals surface area contributed by atoms with Crippen LogP contribution in [0.2, 0.25) is 0 Å². The summed E-state index contributed by atoms with van der Waals surface area (Å²) in [6.45, 7) is 2.73. The van der Waals surface area contributed by atoms with Crippen molar-refractivity contribution in [1.29, 1.82) is 0 Å². The van der Waals surface area contributed by atoms with E-state index in [4.69, 9.17) is 14.2 Å². The maximum Gasteiger partial charge on any atom is 0.162 e. The third-order valence-corrected chi connectivity index (χ3v) is 4.14. The lowest BCUT2D eigenvalue weighted by Gasteiger charge is -2.28. The van der Waals surface area contributed by atoms with Gasteiger partial charge >= 0.3 is 0 Å². The first-order valence-electron chi connectivity index (χ1n) is 7.83. The topological polar surface area (TPSA) is 47.9 Å². The predicted octanol–water partition coefficient (Wildman–Crippen LogP) is 3.10. The maximum absolute atomic E-state index is 9.71. The molecule has 2 aromatic rings. The second-order valence-electron chi connectivity index (χ2n) is 5.84. The third-order valence-electron chi connectivity index (χ3n) is 4.14. The van der Waals surface area contributed by atoms with Crippen molar-refractivity contribution in [1.82, 2.24) is 0 Å². The fourth-order valence-electron chi connectivity index (χ4n) is 2.76. The van der Waals surface area contributed by atoms with Crippen molar-refractivity contribution >= 4 is 0 Å². The van der Waals surface area contributed by atoms with E-state index < -0.39 is 6.10 Å². The molecule has 0 fully saturated rings. The van der Waals surface area contributed by atoms with E-state index in [1.165, 1.54) is 0 Å². The normalized spacial score (nSPS) is 18.1. The smallest absolute Gasteiger partial charge is 0.162 e. The van der Waals surface area contributed by atoms with Crippen LogP contribution in [0.25, 0.3) is 0 Å². The Hall–Kier alpha value is -2.04. The Labute approximate surface area is 136 Å². The molecule has 122 valence electrons. The van der Waals surface area contributed by atoms with Crippen LogP contribution >= 0.6 is 0 Å². The molecule has 3 rings (SSSR count). The summed E-state index contributed by atoms with van der Waals surface area (Å²) in [6.07, 6.45) is 0.0361. The molecule has 0 amide bonds. The zero-order chi connectivity index (χ0) is 16.2. The summed E-state index contributed by atoms with van der Waals surface area (Å²) in [7, 11) is 1.64. The van der Waals surface area contributed by atoms with Crippen LogP contribution in [0.5, 0.6) is 11.5 Å². The van der Waals surface area contributed by atoms with Gasteiger partial charge in [0.05, 0.1) is 25.9 Å². The Kier molecular flexibility index (Phi) is 4.84. The fraction of sp³-hybridized carbons (Fsp3) is 0.368. The van der Waals surface area contributed by atoms with E-state index in [-0.39, 0.29) is 6.10 Å². The number of hydrogen-bond donors (Lipinski definition) is 1. The first-order chi connectivity index (χ1) is 11.2. The average molecular weight is 314 g/mol. The summed E-state index contributed by atoms with van der Waals surface area (Å²) < 4.78 is 17.1. The summed E-state index contributed by atoms with van der Waals surface area (Å²) in [5.41, 5.74) is 3.34. The van der Waals surface area contributed by atoms with E-state index in [9.17, 15) is 5.11 Å². The molecule has 1 aliphatic heterocycles. The van der Waals surface area contributed by atoms with E-state index in [0.717, 1.165) is 16.7 Å². The van der Waals surface area contributed by atoms with Crippen molar-refractivity contribution in [3.05, 3.63) is 59.2 Å². The van der Waals surface area contributed by atoms with Crippen molar-refractivity contribution in [3.8, 4) is 11.5 Å². The lowest BCUT2D eigenvalue weighted by atomic mass is 9.96. The number of methoxy groups -OCH3 is 1. The van der Waals surface area contributed by atoms with Crippen molar-refractivity contribution in [2.24, 2.45) is 0 Å². The van der Waals surface area contributed by atoms with E-state index in [2.05, 4.69) is 0 Å². The molecule has 0 bridgehead atoms. The lowest BCUT2D eigenvalue weighted by molar-refractivity contribution is -0.0460. The SMILES string of the molecule is COc1cc2c(cc1OCc1ccccc1)CO[C@@H]([C@H](C)O)C2. The molecular weight excluding hydrogens is 292 g/mol. The second kappa shape index (κ2) is 7.02. The van der Waals surface area contributed by atoms with Gasteiger partial charge in [0.1, 0.15) is 6.61 Å². The van der Waals surface area contributed by atoms with Crippen molar-refractivity contribution < 1.29 is 19.3 Å². The summed E-state index contributed by atoms with van der Waals surface area (Å²) >= 11 is 0. The molecule has 23 heavy (non-hydrogen) atoms. The van der Waals surface area contributed by atoms with Gasteiger partial charge in [0.25, 0.3) is 0 Å². The number of aliphatic hydroxyl groups is 1. The van der Waals surface area contributed by atoms with Crippen LogP contribution in [0.3, 0.4) is 0 Å². The van der Waals surface area contributed by atoms with Gasteiger partial charge in [-0.1, -0.05) is 30.3 Å². The van der Waals surface area contributed by atoms with Crippen LogP contribution in [0.1, 0.15) is 23.6 Å². The Morgan fingerprint density at radius 2 is 1.91 bits per heavy atom. The van der Waals surface area contributed by atoms with Crippen LogP contribution < -0.4 is 9.47 Å². The Morgan fingerprint density at radius 3 is 2.61 bits per heavy atom. The molecule has 4 heteroatoms. The van der Waals surface area contributed by atoms with Gasteiger partial charge in [0, 0.05) is 6.42 Å². The average Bonchev–Trinajstić information content (AvgIpc) is 2.59. The number of aliphatic hydroxyl groups excluding tert-OH is 1. The highest BCUT2D eigenvalue weighted by atomic mass is 16.5. The Morgan fingerprint density at radius 1 is 1.17 bits per heavy atom. The van der Waals surface area contributed by atoms with Crippen molar-refractivity contribution in [3.63, 3.8) is 0 Å². The van der Waals surface area contributed by atoms with Crippen LogP contribution in [-0.2, 0) is 24.4 Å². The van der Waals surface area contributed by atoms with E-state index in [1.54, 1.807) is 14.0 Å². The molecule has 2 aromatic carbocycles. The first kappa shape index (κ1) is 15.8. The van der Waals surface area contributed by atoms with Gasteiger partial charge in [-0.15, -0.1) is 0 Å². The quantitative estimate of drug-likeness (QED) is 0.921. The molecule has 4 nitrogen and oxygen atoms in total. The maximum atomic E-state index is 9.71. The molecule has 0 radical (unpaired) electrons. The largest absolute Gasteiger partial charge is 0.493 e. The molecule has 0 unspecified atom stereocenters. The molecular formula is C19H22O4. The number of rotatable bonds is 5. The summed E-state index contributed by atoms with van der Waals surface area (Å²) in [5.74, 6) is 1.43. The minimum atomic E-state index is -0.483. The van der Waals surface area contributed by atoms with Gasteiger partial charge in [0.2, 0.25) is 0 Å². The standard InChI is InChI=1S/C19H22O4/c1-13(20)17-8-15-9-18(21-2)19(10-16(15)12-23-17)22-11-14-6-4-3-5-7-14/h3-7,9-10,13,17,20H,8,11-12H2,1-2H3/t13-,17+/m0/s1. The molecule has 0 aromatic heterocycles. The predicted molar refractivity (Wildman–Crippen MR) is 87.7 cm³/mol. The number of hydrogen-bond acceptors (Lipinski definition) is 4. The highest BCUT2D eigenvalue weighted by molar-refractivity contribution is 5.48. The van der Waals surface area contributed by atoms with E-state index >= 15 is 0 Å². The monoisotopic (exact) mass is 314 g/mol. The van der Waals surface area contributed by atoms with Crippen molar-refractivity contribution in [2.45, 2.75) is 38.8 Å². The molecule has 0 spiro atoms. The molecule has 2 atom stereocenters. The van der Waals surface area contributed by atoms with E-state index in [1.807, 2.05) is 42.5 Å². The highest BCUT2D eigenvalue weighted by Crippen LogP contribution is 2.35. The van der Waals surface area contributed by atoms with Crippen LogP contribution in [0.4, 0.5) is 0 Å². The zero-order valence-corrected chi connectivity index (χ0v) is 13.5. The number of fused-ring (bicyclic) bond motifs is 1. The summed E-state index contributed by atoms with van der Waals surface area (Å²) in [4.78, 5) is 0. The summed E-state index contributed by atoms with van der Waals surface area (Å²) in [5, 5.41) is 9.71. The Bertz CT molecular complexity index is 652. The van der Waals surface area contributed by atoms with Crippen LogP contribution in [0, 0.1) is 0 Å². The minimum absolute atomic E-state index is 0.164.